The summed E-state index contributed by atoms with van der Waals surface area (Å²) in [4.78, 5) is 10.3. The summed E-state index contributed by atoms with van der Waals surface area (Å²) in [5, 5.41) is 17.3. The van der Waals surface area contributed by atoms with Crippen molar-refractivity contribution in [3.63, 3.8) is 0 Å². The van der Waals surface area contributed by atoms with Crippen LogP contribution < -0.4 is 0 Å². The van der Waals surface area contributed by atoms with Crippen molar-refractivity contribution in [2.75, 3.05) is 0 Å². The smallest absolute Gasteiger partial charge is 0.339 e. The number of aromatic hydroxyl groups is 1. The van der Waals surface area contributed by atoms with Crippen LogP contribution in [0.25, 0.3) is 0 Å². The normalized spacial score (nSPS) is 8.36. The van der Waals surface area contributed by atoms with Crippen molar-refractivity contribution in [1.82, 2.24) is 0 Å². The van der Waals surface area contributed by atoms with E-state index in [9.17, 15) is 4.79 Å². The Bertz CT molecular complexity index is 260. The molecule has 0 aliphatic rings. The van der Waals surface area contributed by atoms with Crippen LogP contribution in [0.2, 0.25) is 0 Å². The van der Waals surface area contributed by atoms with E-state index in [4.69, 9.17) is 10.2 Å². The number of phenols is 1. The maximum Gasteiger partial charge on any atom is 0.339 e. The van der Waals surface area contributed by atoms with Crippen LogP contribution in [0.1, 0.15) is 10.4 Å². The Balaban J connectivity index is 0.000001000. The fourth-order valence-electron chi connectivity index (χ4n) is 0.654. The van der Waals surface area contributed by atoms with Crippen LogP contribution in [0.5, 0.6) is 5.75 Å². The van der Waals surface area contributed by atoms with E-state index in [1.807, 2.05) is 0 Å². The maximum atomic E-state index is 10.3. The zero-order chi connectivity index (χ0) is 7.56. The zero-order valence-corrected chi connectivity index (χ0v) is 8.11. The Morgan fingerprint density at radius 1 is 1.27 bits per heavy atom. The van der Waals surface area contributed by atoms with Crippen LogP contribution in [0, 0.1) is 0 Å². The SMILES string of the molecule is O=C(O)c1ccccc1O.[Na]. The third-order valence-electron chi connectivity index (χ3n) is 1.13. The van der Waals surface area contributed by atoms with Gasteiger partial charge in [0.1, 0.15) is 11.3 Å². The van der Waals surface area contributed by atoms with Crippen LogP contribution in [0.4, 0.5) is 0 Å². The van der Waals surface area contributed by atoms with Crippen molar-refractivity contribution in [2.45, 2.75) is 0 Å². The second-order valence-electron chi connectivity index (χ2n) is 1.82. The second kappa shape index (κ2) is 4.38. The first-order chi connectivity index (χ1) is 4.72. The van der Waals surface area contributed by atoms with E-state index in [1.54, 1.807) is 12.1 Å². The van der Waals surface area contributed by atoms with Gasteiger partial charge in [0, 0.05) is 29.6 Å². The Kier molecular flexibility index (Phi) is 4.18. The fourth-order valence-corrected chi connectivity index (χ4v) is 0.654. The first kappa shape index (κ1) is 10.5. The van der Waals surface area contributed by atoms with Crippen molar-refractivity contribution < 1.29 is 15.0 Å². The van der Waals surface area contributed by atoms with Crippen molar-refractivity contribution in [2.24, 2.45) is 0 Å². The van der Waals surface area contributed by atoms with Gasteiger partial charge in [0.25, 0.3) is 0 Å². The minimum Gasteiger partial charge on any atom is -0.507 e. The van der Waals surface area contributed by atoms with Gasteiger partial charge in [-0.3, -0.25) is 0 Å². The minimum absolute atomic E-state index is 0. The largest absolute Gasteiger partial charge is 0.507 e. The average molecular weight is 161 g/mol. The molecular formula is C7H6NaO3. The van der Waals surface area contributed by atoms with Crippen LogP contribution in [-0.4, -0.2) is 45.7 Å². The molecule has 1 aromatic carbocycles. The molecule has 0 saturated carbocycles. The first-order valence-electron chi connectivity index (χ1n) is 2.73. The average Bonchev–Trinajstić information content (AvgIpc) is 1.88. The van der Waals surface area contributed by atoms with Gasteiger partial charge in [0.15, 0.2) is 0 Å². The molecule has 1 aromatic rings. The molecule has 1 rings (SSSR count). The van der Waals surface area contributed by atoms with Crippen LogP contribution >= 0.6 is 0 Å². The van der Waals surface area contributed by atoms with Gasteiger partial charge in [0.2, 0.25) is 0 Å². The fraction of sp³-hybridized carbons (Fsp3) is 0. The number of carboxylic acid groups (broad SMARTS) is 1. The van der Waals surface area contributed by atoms with E-state index in [1.165, 1.54) is 12.1 Å². The van der Waals surface area contributed by atoms with Gasteiger partial charge in [0.05, 0.1) is 0 Å². The van der Waals surface area contributed by atoms with Gasteiger partial charge >= 0.3 is 5.97 Å². The third-order valence-corrected chi connectivity index (χ3v) is 1.13. The van der Waals surface area contributed by atoms with Crippen LogP contribution in [0.3, 0.4) is 0 Å². The van der Waals surface area contributed by atoms with Gasteiger partial charge in [-0.1, -0.05) is 12.1 Å². The van der Waals surface area contributed by atoms with Crippen LogP contribution in [-0.2, 0) is 0 Å². The van der Waals surface area contributed by atoms with Crippen molar-refractivity contribution >= 4 is 35.5 Å². The van der Waals surface area contributed by atoms with Crippen molar-refractivity contribution in [1.29, 1.82) is 0 Å². The summed E-state index contributed by atoms with van der Waals surface area (Å²) in [6, 6.07) is 5.81. The Hall–Kier alpha value is -0.510. The summed E-state index contributed by atoms with van der Waals surface area (Å²) in [7, 11) is 0. The first-order valence-corrected chi connectivity index (χ1v) is 2.73. The molecule has 0 bridgehead atoms. The number of para-hydroxylation sites is 1. The van der Waals surface area contributed by atoms with Gasteiger partial charge in [-0.15, -0.1) is 0 Å². The van der Waals surface area contributed by atoms with Crippen molar-refractivity contribution in [3.05, 3.63) is 29.8 Å². The predicted molar refractivity (Wildman–Crippen MR) is 40.8 cm³/mol. The molecule has 0 fully saturated rings. The number of rotatable bonds is 1. The number of carboxylic acids is 1. The number of aromatic carboxylic acids is 1. The van der Waals surface area contributed by atoms with Crippen LogP contribution in [0.15, 0.2) is 24.3 Å². The molecule has 1 radical (unpaired) electrons. The topological polar surface area (TPSA) is 57.5 Å². The second-order valence-corrected chi connectivity index (χ2v) is 1.82. The molecule has 53 valence electrons. The van der Waals surface area contributed by atoms with E-state index in [-0.39, 0.29) is 40.9 Å². The molecule has 0 aliphatic carbocycles. The standard InChI is InChI=1S/C7H6O3.Na/c8-6-4-2-1-3-5(6)7(9)10;/h1-4,8H,(H,9,10);. The molecule has 0 aliphatic heterocycles. The van der Waals surface area contributed by atoms with E-state index < -0.39 is 5.97 Å². The van der Waals surface area contributed by atoms with E-state index in [0.29, 0.717) is 0 Å². The molecule has 0 atom stereocenters. The molecule has 2 N–H and O–H groups in total. The number of hydrogen-bond donors (Lipinski definition) is 2. The quantitative estimate of drug-likeness (QED) is 0.596. The maximum absolute atomic E-state index is 10.3. The predicted octanol–water partition coefficient (Wildman–Crippen LogP) is 0.710. The molecule has 0 spiro atoms. The van der Waals surface area contributed by atoms with Gasteiger partial charge in [-0.25, -0.2) is 4.79 Å². The monoisotopic (exact) mass is 161 g/mol. The Morgan fingerprint density at radius 2 is 1.82 bits per heavy atom. The summed E-state index contributed by atoms with van der Waals surface area (Å²) in [5.74, 6) is -1.31. The summed E-state index contributed by atoms with van der Waals surface area (Å²) in [5.41, 5.74) is -0.0671. The third kappa shape index (κ3) is 2.54. The Morgan fingerprint density at radius 3 is 2.18 bits per heavy atom. The zero-order valence-electron chi connectivity index (χ0n) is 6.11. The van der Waals surface area contributed by atoms with E-state index in [2.05, 4.69) is 0 Å². The molecule has 3 nitrogen and oxygen atoms in total. The van der Waals surface area contributed by atoms with E-state index in [0.717, 1.165) is 0 Å². The number of hydrogen-bond acceptors (Lipinski definition) is 2. The van der Waals surface area contributed by atoms with Crippen molar-refractivity contribution in [3.8, 4) is 5.75 Å². The molecule has 4 heteroatoms. The molecule has 0 amide bonds. The molecule has 11 heavy (non-hydrogen) atoms. The minimum atomic E-state index is -1.11. The van der Waals surface area contributed by atoms with E-state index >= 15 is 0 Å². The molecular weight excluding hydrogens is 155 g/mol. The molecule has 0 aromatic heterocycles. The molecule has 0 saturated heterocycles. The summed E-state index contributed by atoms with van der Waals surface area (Å²) < 4.78 is 0. The van der Waals surface area contributed by atoms with Gasteiger partial charge in [-0.05, 0) is 12.1 Å². The van der Waals surface area contributed by atoms with Gasteiger partial charge in [-0.2, -0.15) is 0 Å². The number of carbonyl (C=O) groups is 1. The van der Waals surface area contributed by atoms with Gasteiger partial charge < -0.3 is 10.2 Å². The molecule has 0 heterocycles. The molecule has 0 unspecified atom stereocenters. The summed E-state index contributed by atoms with van der Waals surface area (Å²) in [6.45, 7) is 0. The number of benzene rings is 1. The summed E-state index contributed by atoms with van der Waals surface area (Å²) >= 11 is 0. The Labute approximate surface area is 86.0 Å². The summed E-state index contributed by atoms with van der Waals surface area (Å²) in [6.07, 6.45) is 0.